The van der Waals surface area contributed by atoms with Crippen molar-refractivity contribution in [1.29, 1.82) is 0 Å². The van der Waals surface area contributed by atoms with Crippen molar-refractivity contribution >= 4 is 50.7 Å². The van der Waals surface area contributed by atoms with Crippen molar-refractivity contribution in [3.63, 3.8) is 0 Å². The molecule has 0 aliphatic heterocycles. The fourth-order valence-electron chi connectivity index (χ4n) is 11.5. The van der Waals surface area contributed by atoms with Crippen LogP contribution < -0.4 is 0 Å². The zero-order valence-electron chi connectivity index (χ0n) is 50.5. The summed E-state index contributed by atoms with van der Waals surface area (Å²) >= 11 is 6.32. The molecule has 8 aromatic carbocycles. The molecule has 3 aromatic heterocycles. The number of hydrogen-bond acceptors (Lipinski definition) is 11. The second-order valence-corrected chi connectivity index (χ2v) is 26.7. The van der Waals surface area contributed by atoms with Crippen LogP contribution in [0.3, 0.4) is 0 Å². The maximum atomic E-state index is 12.6. The first-order valence-corrected chi connectivity index (χ1v) is 29.1. The molecule has 0 bridgehead atoms. The van der Waals surface area contributed by atoms with Gasteiger partial charge in [0.25, 0.3) is 0 Å². The Kier molecular flexibility index (Phi) is 14.5. The largest absolute Gasteiger partial charge is 0.505 e. The highest BCUT2D eigenvalue weighted by Gasteiger charge is 2.35. The predicted molar refractivity (Wildman–Crippen MR) is 337 cm³/mol. The molecule has 0 amide bonds. The van der Waals surface area contributed by atoms with E-state index in [1.54, 1.807) is 16.9 Å². The third-order valence-electron chi connectivity index (χ3n) is 16.9. The van der Waals surface area contributed by atoms with Crippen molar-refractivity contribution in [2.24, 2.45) is 0 Å². The van der Waals surface area contributed by atoms with E-state index >= 15 is 0 Å². The molecule has 0 saturated heterocycles. The van der Waals surface area contributed by atoms with Crippen LogP contribution >= 0.6 is 11.6 Å². The van der Waals surface area contributed by atoms with E-state index in [2.05, 4.69) is 123 Å². The van der Waals surface area contributed by atoms with Crippen molar-refractivity contribution in [2.45, 2.75) is 129 Å². The van der Waals surface area contributed by atoms with Crippen molar-refractivity contribution in [3.05, 3.63) is 201 Å². The van der Waals surface area contributed by atoms with Gasteiger partial charge < -0.3 is 20.1 Å². The number of aromatic hydroxyl groups is 3. The Morgan fingerprint density at radius 3 is 1.58 bits per heavy atom. The molecule has 434 valence electrons. The van der Waals surface area contributed by atoms with E-state index in [1.807, 2.05) is 93.6 Å². The molecular weight excluding hydrogens is 1080 g/mol. The van der Waals surface area contributed by atoms with Gasteiger partial charge in [-0.15, -0.1) is 45.0 Å². The predicted octanol–water partition coefficient (Wildman–Crippen LogP) is 15.2. The fraction of sp³-hybridized carbons (Fsp3) is 0.300. The Balaban J connectivity index is 0.922. The van der Waals surface area contributed by atoms with Gasteiger partial charge in [-0.3, -0.25) is 4.79 Å². The molecule has 0 aliphatic rings. The number of halogens is 1. The van der Waals surface area contributed by atoms with Crippen LogP contribution in [0.1, 0.15) is 140 Å². The average Bonchev–Trinajstić information content (AvgIpc) is 2.75. The number of benzene rings is 8. The summed E-state index contributed by atoms with van der Waals surface area (Å²) in [5.41, 5.74) is 13.1. The van der Waals surface area contributed by atoms with Crippen LogP contribution in [0.25, 0.3) is 61.3 Å². The topological polar surface area (TPSA) is 179 Å². The number of fused-ring (bicyclic) bond motifs is 3. The maximum absolute atomic E-state index is 12.6. The molecule has 0 aliphatic carbocycles. The minimum absolute atomic E-state index is 0.0831. The van der Waals surface area contributed by atoms with E-state index in [0.717, 1.165) is 61.2 Å². The maximum Gasteiger partial charge on any atom is 0.305 e. The Bertz CT molecular complexity index is 4350. The van der Waals surface area contributed by atoms with Gasteiger partial charge in [-0.2, -0.15) is 0 Å². The van der Waals surface area contributed by atoms with E-state index in [1.165, 1.54) is 16.7 Å². The Morgan fingerprint density at radius 1 is 0.471 bits per heavy atom. The van der Waals surface area contributed by atoms with Crippen LogP contribution in [0, 0.1) is 0 Å². The first-order valence-electron chi connectivity index (χ1n) is 28.7. The molecule has 0 saturated carbocycles. The Labute approximate surface area is 500 Å². The molecule has 0 radical (unpaired) electrons. The summed E-state index contributed by atoms with van der Waals surface area (Å²) in [7, 11) is 1.38. The lowest BCUT2D eigenvalue weighted by molar-refractivity contribution is -0.140. The number of esters is 1. The third kappa shape index (κ3) is 11.0. The van der Waals surface area contributed by atoms with Crippen LogP contribution in [0.5, 0.6) is 17.2 Å². The standard InChI is InChI=1S/C70H72ClN9O5/c1-66(2,3)50-33-42(23-32-61(81)85-13)34-58(63(50)82)80-75-56-20-16-17-49(62(56)77-80)43-24-28-44(29-25-43)69(9,10)47-36-52(65(84)60(38-47)78-72-53-18-14-15-19-54(53)73-78)70(11,12)45-26-21-41(22-27-45)40-68(7,8)46-35-51(67(4,5)6)64(83)59(37-46)79-74-55-31-30-48(71)39-57(55)76-79/h14-22,24-31,33-39,82-84H,23,32,40H2,1-13H3. The number of carbonyl (C=O) groups is 1. The molecule has 3 heterocycles. The molecule has 11 rings (SSSR count). The smallest absolute Gasteiger partial charge is 0.305 e. The highest BCUT2D eigenvalue weighted by molar-refractivity contribution is 6.31. The SMILES string of the molecule is COC(=O)CCc1cc(-n2nc3cccc(-c4ccc(C(C)(C)c5cc(-n6nc7ccccc7n6)c(O)c(C(C)(C)c6ccc(CC(C)(C)c7cc(-n8nc9ccc(Cl)cc9n8)c(O)c(C(C)(C)C)c7)cc6)c5)cc4)c3n2)c(O)c(C(C)(C)C)c1. The number of carbonyl (C=O) groups excluding carboxylic acids is 1. The summed E-state index contributed by atoms with van der Waals surface area (Å²) in [4.78, 5) is 16.7. The van der Waals surface area contributed by atoms with Crippen LogP contribution in [-0.4, -0.2) is 73.4 Å². The van der Waals surface area contributed by atoms with Gasteiger partial charge in [-0.05, 0) is 123 Å². The molecule has 11 aromatic rings. The minimum Gasteiger partial charge on any atom is -0.505 e. The summed E-state index contributed by atoms with van der Waals surface area (Å²) in [6.07, 6.45) is 1.32. The van der Waals surface area contributed by atoms with E-state index in [9.17, 15) is 20.1 Å². The van der Waals surface area contributed by atoms with Crippen LogP contribution in [-0.2, 0) is 49.4 Å². The van der Waals surface area contributed by atoms with Gasteiger partial charge >= 0.3 is 5.97 Å². The van der Waals surface area contributed by atoms with Gasteiger partial charge in [0.2, 0.25) is 0 Å². The molecule has 15 heteroatoms. The molecule has 0 atom stereocenters. The van der Waals surface area contributed by atoms with Crippen molar-refractivity contribution < 1.29 is 24.9 Å². The zero-order chi connectivity index (χ0) is 60.7. The number of methoxy groups -OCH3 is 1. The molecule has 0 unspecified atom stereocenters. The highest BCUT2D eigenvalue weighted by atomic mass is 35.5. The van der Waals surface area contributed by atoms with Gasteiger partial charge in [-0.1, -0.05) is 186 Å². The molecule has 3 N–H and O–H groups in total. The zero-order valence-corrected chi connectivity index (χ0v) is 51.3. The lowest BCUT2D eigenvalue weighted by Crippen LogP contribution is -2.25. The highest BCUT2D eigenvalue weighted by Crippen LogP contribution is 2.46. The number of aryl methyl sites for hydroxylation is 1. The van der Waals surface area contributed by atoms with Crippen molar-refractivity contribution in [2.75, 3.05) is 7.11 Å². The first-order chi connectivity index (χ1) is 40.1. The van der Waals surface area contributed by atoms with E-state index in [4.69, 9.17) is 46.9 Å². The number of hydrogen-bond donors (Lipinski definition) is 3. The van der Waals surface area contributed by atoms with E-state index < -0.39 is 21.7 Å². The molecule has 0 spiro atoms. The lowest BCUT2D eigenvalue weighted by atomic mass is 9.72. The van der Waals surface area contributed by atoms with Gasteiger partial charge in [0.05, 0.1) is 7.11 Å². The van der Waals surface area contributed by atoms with Gasteiger partial charge in [0.1, 0.15) is 67.4 Å². The Morgan fingerprint density at radius 2 is 0.965 bits per heavy atom. The molecule has 0 fully saturated rings. The summed E-state index contributed by atoms with van der Waals surface area (Å²) in [6.45, 7) is 25.5. The summed E-state index contributed by atoms with van der Waals surface area (Å²) in [6, 6.07) is 48.1. The van der Waals surface area contributed by atoms with E-state index in [-0.39, 0.29) is 35.1 Å². The first kappa shape index (κ1) is 57.9. The molecular formula is C70H72ClN9O5. The van der Waals surface area contributed by atoms with Gasteiger partial charge in [0, 0.05) is 44.5 Å². The Hall–Kier alpha value is -8.88. The summed E-state index contributed by atoms with van der Waals surface area (Å²) in [5, 5.41) is 65.7. The number of phenolic OH excluding ortho intramolecular Hbond substituents is 3. The third-order valence-corrected chi connectivity index (χ3v) is 17.1. The summed E-state index contributed by atoms with van der Waals surface area (Å²) < 4.78 is 4.93. The monoisotopic (exact) mass is 1150 g/mol. The number of phenols is 3. The van der Waals surface area contributed by atoms with Crippen LogP contribution in [0.2, 0.25) is 5.02 Å². The van der Waals surface area contributed by atoms with Crippen LogP contribution in [0.15, 0.2) is 146 Å². The van der Waals surface area contributed by atoms with Crippen LogP contribution in [0.4, 0.5) is 0 Å². The second-order valence-electron chi connectivity index (χ2n) is 26.2. The number of rotatable bonds is 14. The normalized spacial score (nSPS) is 12.7. The van der Waals surface area contributed by atoms with Crippen molar-refractivity contribution in [1.82, 2.24) is 45.0 Å². The second kappa shape index (κ2) is 21.3. The summed E-state index contributed by atoms with van der Waals surface area (Å²) in [5.74, 6) is -0.00210. The number of aromatic nitrogens is 9. The van der Waals surface area contributed by atoms with E-state index in [0.29, 0.717) is 68.0 Å². The number of nitrogens with zero attached hydrogens (tertiary/aromatic N) is 9. The number of ether oxygens (including phenoxy) is 1. The van der Waals surface area contributed by atoms with Crippen molar-refractivity contribution in [3.8, 4) is 45.4 Å². The molecule has 85 heavy (non-hydrogen) atoms. The quantitative estimate of drug-likeness (QED) is 0.0882. The van der Waals surface area contributed by atoms with Gasteiger partial charge in [-0.25, -0.2) is 0 Å². The average molecular weight is 1150 g/mol. The molecule has 14 nitrogen and oxygen atoms in total. The fourth-order valence-corrected chi connectivity index (χ4v) is 11.7. The lowest BCUT2D eigenvalue weighted by Gasteiger charge is -2.33. The minimum atomic E-state index is -0.709. The van der Waals surface area contributed by atoms with Gasteiger partial charge in [0.15, 0.2) is 0 Å².